The van der Waals surface area contributed by atoms with Crippen LogP contribution in [0.1, 0.15) is 12.8 Å². The Labute approximate surface area is 186 Å². The van der Waals surface area contributed by atoms with Crippen LogP contribution in [0.15, 0.2) is 30.6 Å². The van der Waals surface area contributed by atoms with E-state index >= 15 is 0 Å². The maximum atomic E-state index is 11.8. The van der Waals surface area contributed by atoms with Gasteiger partial charge in [0, 0.05) is 42.8 Å². The van der Waals surface area contributed by atoms with Crippen LogP contribution < -0.4 is 15.5 Å². The number of piperidine rings is 1. The summed E-state index contributed by atoms with van der Waals surface area (Å²) in [6, 6.07) is 6.33. The molecule has 4 heterocycles. The zero-order valence-corrected chi connectivity index (χ0v) is 18.6. The number of fused-ring (bicyclic) bond motifs is 1. The lowest BCUT2D eigenvalue weighted by molar-refractivity contribution is 0.478. The second-order valence-electron chi connectivity index (χ2n) is 8.12. The summed E-state index contributed by atoms with van der Waals surface area (Å²) >= 11 is 6.49. The highest BCUT2D eigenvalue weighted by Crippen LogP contribution is 2.36. The molecule has 2 aliphatic rings. The van der Waals surface area contributed by atoms with Crippen LogP contribution in [0.25, 0.3) is 22.2 Å². The monoisotopic (exact) mass is 460 g/mol. The number of benzene rings is 1. The molecule has 0 bridgehead atoms. The van der Waals surface area contributed by atoms with E-state index in [1.165, 1.54) is 0 Å². The third-order valence-corrected chi connectivity index (χ3v) is 7.89. The van der Waals surface area contributed by atoms with Crippen molar-refractivity contribution in [1.29, 1.82) is 0 Å². The Morgan fingerprint density at radius 2 is 2.06 bits per heavy atom. The van der Waals surface area contributed by atoms with Gasteiger partial charge in [0.25, 0.3) is 0 Å². The first-order chi connectivity index (χ1) is 15.0. The number of rotatable bonds is 4. The Morgan fingerprint density at radius 3 is 2.84 bits per heavy atom. The van der Waals surface area contributed by atoms with Crippen molar-refractivity contribution in [3.8, 4) is 11.3 Å². The van der Waals surface area contributed by atoms with Gasteiger partial charge in [-0.05, 0) is 25.5 Å². The summed E-state index contributed by atoms with van der Waals surface area (Å²) < 4.78 is 23.6. The van der Waals surface area contributed by atoms with Gasteiger partial charge in [0.15, 0.2) is 9.84 Å². The fraction of sp³-hybridized carbons (Fsp3) is 0.429. The van der Waals surface area contributed by atoms with Gasteiger partial charge in [-0.25, -0.2) is 18.4 Å². The zero-order valence-electron chi connectivity index (χ0n) is 17.1. The summed E-state index contributed by atoms with van der Waals surface area (Å²) in [7, 11) is -2.94. The molecule has 3 N–H and O–H groups in total. The molecule has 2 fully saturated rings. The summed E-state index contributed by atoms with van der Waals surface area (Å²) in [6.07, 6.45) is 5.76. The van der Waals surface area contributed by atoms with E-state index < -0.39 is 9.84 Å². The third kappa shape index (κ3) is 4.22. The molecule has 1 atom stereocenters. The van der Waals surface area contributed by atoms with Crippen LogP contribution in [0.2, 0.25) is 5.02 Å². The number of H-pyrrole nitrogens is 1. The van der Waals surface area contributed by atoms with Crippen molar-refractivity contribution >= 4 is 44.0 Å². The normalized spacial score (nSPS) is 21.3. The van der Waals surface area contributed by atoms with Gasteiger partial charge in [-0.3, -0.25) is 0 Å². The van der Waals surface area contributed by atoms with E-state index in [4.69, 9.17) is 16.6 Å². The Hall–Kier alpha value is -2.36. The predicted octanol–water partition coefficient (Wildman–Crippen LogP) is 2.68. The van der Waals surface area contributed by atoms with Gasteiger partial charge in [0.2, 0.25) is 5.95 Å². The van der Waals surface area contributed by atoms with E-state index in [9.17, 15) is 8.42 Å². The molecule has 164 valence electrons. The number of para-hydroxylation sites is 1. The van der Waals surface area contributed by atoms with E-state index in [1.54, 1.807) is 6.20 Å². The molecule has 3 aromatic rings. The van der Waals surface area contributed by atoms with Crippen molar-refractivity contribution < 1.29 is 8.42 Å². The van der Waals surface area contributed by atoms with Gasteiger partial charge in [0.1, 0.15) is 0 Å². The smallest absolute Gasteiger partial charge is 0.223 e. The van der Waals surface area contributed by atoms with Crippen molar-refractivity contribution in [1.82, 2.24) is 20.3 Å². The maximum Gasteiger partial charge on any atom is 0.223 e. The number of aromatic nitrogens is 3. The summed E-state index contributed by atoms with van der Waals surface area (Å²) in [5.41, 5.74) is 3.53. The number of hydrogen-bond acceptors (Lipinski definition) is 7. The van der Waals surface area contributed by atoms with E-state index in [1.807, 2.05) is 24.4 Å². The lowest BCUT2D eigenvalue weighted by Crippen LogP contribution is -2.40. The largest absolute Gasteiger partial charge is 0.368 e. The van der Waals surface area contributed by atoms with E-state index in [-0.39, 0.29) is 11.5 Å². The van der Waals surface area contributed by atoms with Crippen molar-refractivity contribution in [3.05, 3.63) is 35.6 Å². The van der Waals surface area contributed by atoms with Crippen molar-refractivity contribution in [2.45, 2.75) is 18.9 Å². The Morgan fingerprint density at radius 1 is 1.23 bits per heavy atom. The van der Waals surface area contributed by atoms with E-state index in [2.05, 4.69) is 25.5 Å². The number of nitrogens with one attached hydrogen (secondary N) is 3. The van der Waals surface area contributed by atoms with Crippen molar-refractivity contribution in [3.63, 3.8) is 0 Å². The quantitative estimate of drug-likeness (QED) is 0.550. The molecule has 0 spiro atoms. The fourth-order valence-corrected chi connectivity index (χ4v) is 5.73. The first-order valence-electron chi connectivity index (χ1n) is 10.6. The SMILES string of the molecule is O=S1(=O)CCN(c2cccc3c(-c4nc(N[C@H]5CCCNC5)ncc4Cl)c[nH]c23)CC1. The molecular weight excluding hydrogens is 436 g/mol. The van der Waals surface area contributed by atoms with Crippen molar-refractivity contribution in [2.24, 2.45) is 0 Å². The molecule has 31 heavy (non-hydrogen) atoms. The Kier molecular flexibility index (Phi) is 5.49. The van der Waals surface area contributed by atoms with Crippen LogP contribution in [-0.2, 0) is 9.84 Å². The average molecular weight is 461 g/mol. The van der Waals surface area contributed by atoms with Crippen LogP contribution in [0.4, 0.5) is 11.6 Å². The number of hydrogen-bond donors (Lipinski definition) is 3. The molecule has 0 aliphatic carbocycles. The van der Waals surface area contributed by atoms with E-state index in [0.29, 0.717) is 35.8 Å². The number of aromatic amines is 1. The van der Waals surface area contributed by atoms with Gasteiger partial charge >= 0.3 is 0 Å². The zero-order chi connectivity index (χ0) is 21.4. The van der Waals surface area contributed by atoms with Gasteiger partial charge in [0.05, 0.1) is 39.6 Å². The van der Waals surface area contributed by atoms with Crippen LogP contribution in [0.5, 0.6) is 0 Å². The number of nitrogens with zero attached hydrogens (tertiary/aromatic N) is 3. The topological polar surface area (TPSA) is 103 Å². The molecule has 2 aliphatic heterocycles. The van der Waals surface area contributed by atoms with Crippen molar-refractivity contribution in [2.75, 3.05) is 47.9 Å². The molecule has 0 saturated carbocycles. The van der Waals surface area contributed by atoms with Gasteiger partial charge < -0.3 is 20.5 Å². The first-order valence-corrected chi connectivity index (χ1v) is 12.8. The van der Waals surface area contributed by atoms with Crippen LogP contribution in [0.3, 0.4) is 0 Å². The molecule has 0 unspecified atom stereocenters. The molecule has 8 nitrogen and oxygen atoms in total. The molecule has 2 aromatic heterocycles. The summed E-state index contributed by atoms with van der Waals surface area (Å²) in [6.45, 7) is 2.93. The molecule has 5 rings (SSSR count). The lowest BCUT2D eigenvalue weighted by Gasteiger charge is -2.29. The maximum absolute atomic E-state index is 11.8. The molecule has 2 saturated heterocycles. The number of sulfone groups is 1. The highest BCUT2D eigenvalue weighted by molar-refractivity contribution is 7.91. The second kappa shape index (κ2) is 8.29. The molecule has 10 heteroatoms. The lowest BCUT2D eigenvalue weighted by atomic mass is 10.1. The van der Waals surface area contributed by atoms with E-state index in [0.717, 1.165) is 48.1 Å². The molecule has 1 aromatic carbocycles. The van der Waals surface area contributed by atoms with Gasteiger partial charge in [-0.2, -0.15) is 0 Å². The number of halogens is 1. The predicted molar refractivity (Wildman–Crippen MR) is 125 cm³/mol. The standard InChI is InChI=1S/C21H25ClN6O2S/c22-17-13-25-21(26-14-3-2-6-23-11-14)27-19(17)16-12-24-20-15(16)4-1-5-18(20)28-7-9-31(29,30)10-8-28/h1,4-5,12-14,23-24H,2-3,6-11H2,(H,25,26,27)/t14-/m0/s1. The Balaban J connectivity index is 1.47. The summed E-state index contributed by atoms with van der Waals surface area (Å²) in [4.78, 5) is 14.6. The fourth-order valence-electron chi connectivity index (χ4n) is 4.33. The number of anilines is 2. The molecular formula is C21H25ClN6O2S. The minimum absolute atomic E-state index is 0.180. The third-order valence-electron chi connectivity index (χ3n) is 6.01. The average Bonchev–Trinajstić information content (AvgIpc) is 3.20. The van der Waals surface area contributed by atoms with Gasteiger partial charge in [-0.1, -0.05) is 23.7 Å². The van der Waals surface area contributed by atoms with Crippen LogP contribution in [-0.4, -0.2) is 67.1 Å². The minimum atomic E-state index is -2.94. The second-order valence-corrected chi connectivity index (χ2v) is 10.8. The molecule has 0 amide bonds. The minimum Gasteiger partial charge on any atom is -0.368 e. The Bertz CT molecular complexity index is 1190. The first kappa shape index (κ1) is 20.5. The van der Waals surface area contributed by atoms with Crippen LogP contribution >= 0.6 is 11.6 Å². The molecule has 0 radical (unpaired) electrons. The van der Waals surface area contributed by atoms with Gasteiger partial charge in [-0.15, -0.1) is 0 Å². The highest BCUT2D eigenvalue weighted by Gasteiger charge is 2.24. The summed E-state index contributed by atoms with van der Waals surface area (Å²) in [5.74, 6) is 0.930. The highest BCUT2D eigenvalue weighted by atomic mass is 35.5. The summed E-state index contributed by atoms with van der Waals surface area (Å²) in [5, 5.41) is 8.28. The van der Waals surface area contributed by atoms with Crippen LogP contribution in [0, 0.1) is 0 Å².